The Labute approximate surface area is 169 Å². The Balaban J connectivity index is 1.88. The first-order valence-electron chi connectivity index (χ1n) is 8.99. The van der Waals surface area contributed by atoms with E-state index in [0.29, 0.717) is 6.54 Å². The maximum absolute atomic E-state index is 13.0. The topological polar surface area (TPSA) is 70.1 Å². The highest BCUT2D eigenvalue weighted by molar-refractivity contribution is 6.32. The molecule has 3 rings (SSSR count). The zero-order valence-corrected chi connectivity index (χ0v) is 16.8. The molecule has 6 nitrogen and oxygen atoms in total. The quantitative estimate of drug-likeness (QED) is 0.787. The lowest BCUT2D eigenvalue weighted by Crippen LogP contribution is -2.40. The maximum atomic E-state index is 13.0. The molecule has 1 aliphatic rings. The fourth-order valence-electron chi connectivity index (χ4n) is 3.10. The van der Waals surface area contributed by atoms with Gasteiger partial charge in [-0.2, -0.15) is 0 Å². The Kier molecular flexibility index (Phi) is 5.52. The van der Waals surface area contributed by atoms with Crippen LogP contribution in [0.15, 0.2) is 48.5 Å². The molecule has 0 radical (unpaired) electrons. The third kappa shape index (κ3) is 4.39. The van der Waals surface area contributed by atoms with E-state index in [1.54, 1.807) is 37.8 Å². The monoisotopic (exact) mass is 402 g/mol. The third-order valence-electron chi connectivity index (χ3n) is 4.34. The molecule has 0 saturated carbocycles. The van der Waals surface area contributed by atoms with Crippen LogP contribution < -0.4 is 0 Å². The number of hydrogen-bond acceptors (Lipinski definition) is 4. The number of carbonyl (C=O) groups excluding carboxylic acids is 2. The minimum Gasteiger partial charge on any atom is -0.506 e. The second-order valence-electron chi connectivity index (χ2n) is 7.73. The minimum absolute atomic E-state index is 0.0179. The number of phenols is 1. The Bertz CT molecular complexity index is 880. The number of rotatable bonds is 3. The van der Waals surface area contributed by atoms with Gasteiger partial charge < -0.3 is 14.7 Å². The molecular formula is C21H23ClN2O4. The predicted molar refractivity (Wildman–Crippen MR) is 106 cm³/mol. The summed E-state index contributed by atoms with van der Waals surface area (Å²) in [7, 11) is 0. The van der Waals surface area contributed by atoms with E-state index in [2.05, 4.69) is 0 Å². The largest absolute Gasteiger partial charge is 0.506 e. The number of ether oxygens (including phenoxy) is 1. The van der Waals surface area contributed by atoms with Gasteiger partial charge in [-0.1, -0.05) is 48.0 Å². The second kappa shape index (κ2) is 7.72. The van der Waals surface area contributed by atoms with Crippen LogP contribution in [-0.4, -0.2) is 39.2 Å². The van der Waals surface area contributed by atoms with E-state index in [0.717, 1.165) is 11.1 Å². The van der Waals surface area contributed by atoms with Crippen LogP contribution in [0.2, 0.25) is 5.02 Å². The number of phenolic OH excluding ortho intramolecular Hbond substituents is 1. The molecule has 0 bridgehead atoms. The van der Waals surface area contributed by atoms with Gasteiger partial charge in [0.05, 0.1) is 11.1 Å². The van der Waals surface area contributed by atoms with Gasteiger partial charge in [-0.05, 0) is 44.0 Å². The van der Waals surface area contributed by atoms with Gasteiger partial charge in [0, 0.05) is 13.1 Å². The van der Waals surface area contributed by atoms with Crippen molar-refractivity contribution in [2.24, 2.45) is 0 Å². The summed E-state index contributed by atoms with van der Waals surface area (Å²) in [6.45, 7) is 5.89. The maximum Gasteiger partial charge on any atom is 0.419 e. The van der Waals surface area contributed by atoms with E-state index >= 15 is 0 Å². The Hall–Kier alpha value is -2.73. The van der Waals surface area contributed by atoms with Crippen LogP contribution in [0.1, 0.15) is 37.9 Å². The predicted octanol–water partition coefficient (Wildman–Crippen LogP) is 4.96. The molecule has 0 aromatic heterocycles. The van der Waals surface area contributed by atoms with Crippen molar-refractivity contribution in [2.75, 3.05) is 6.54 Å². The van der Waals surface area contributed by atoms with Crippen molar-refractivity contribution in [1.29, 1.82) is 0 Å². The molecule has 1 atom stereocenters. The van der Waals surface area contributed by atoms with Crippen molar-refractivity contribution < 1.29 is 19.4 Å². The fraction of sp³-hybridized carbons (Fsp3) is 0.333. The molecule has 1 heterocycles. The molecule has 148 valence electrons. The Morgan fingerprint density at radius 3 is 2.50 bits per heavy atom. The highest BCUT2D eigenvalue weighted by Crippen LogP contribution is 2.33. The van der Waals surface area contributed by atoms with E-state index in [-0.39, 0.29) is 17.3 Å². The first kappa shape index (κ1) is 20.0. The van der Waals surface area contributed by atoms with E-state index in [1.807, 2.05) is 30.3 Å². The van der Waals surface area contributed by atoms with Gasteiger partial charge in [-0.15, -0.1) is 0 Å². The summed E-state index contributed by atoms with van der Waals surface area (Å²) in [4.78, 5) is 28.5. The van der Waals surface area contributed by atoms with Gasteiger partial charge in [0.15, 0.2) is 0 Å². The lowest BCUT2D eigenvalue weighted by atomic mass is 10.1. The second-order valence-corrected chi connectivity index (χ2v) is 8.13. The average Bonchev–Trinajstić information content (AvgIpc) is 2.94. The molecule has 1 N–H and O–H groups in total. The molecular weight excluding hydrogens is 380 g/mol. The van der Waals surface area contributed by atoms with Crippen LogP contribution in [0.25, 0.3) is 0 Å². The van der Waals surface area contributed by atoms with Crippen LogP contribution in [0.4, 0.5) is 9.59 Å². The zero-order valence-electron chi connectivity index (χ0n) is 16.1. The number of amides is 3. The van der Waals surface area contributed by atoms with Gasteiger partial charge in [-0.3, -0.25) is 0 Å². The fourth-order valence-corrected chi connectivity index (χ4v) is 3.30. The molecule has 3 amide bonds. The van der Waals surface area contributed by atoms with E-state index in [9.17, 15) is 14.7 Å². The summed E-state index contributed by atoms with van der Waals surface area (Å²) < 4.78 is 5.46. The molecule has 7 heteroatoms. The zero-order chi connectivity index (χ0) is 20.5. The van der Waals surface area contributed by atoms with Gasteiger partial charge in [0.1, 0.15) is 11.4 Å². The van der Waals surface area contributed by atoms with Gasteiger partial charge in [0.2, 0.25) is 0 Å². The van der Waals surface area contributed by atoms with Crippen LogP contribution in [0, 0.1) is 0 Å². The molecule has 0 aliphatic carbocycles. The van der Waals surface area contributed by atoms with Gasteiger partial charge >= 0.3 is 12.1 Å². The highest BCUT2D eigenvalue weighted by atomic mass is 35.5. The van der Waals surface area contributed by atoms with Gasteiger partial charge in [0.25, 0.3) is 0 Å². The third-order valence-corrected chi connectivity index (χ3v) is 4.64. The summed E-state index contributed by atoms with van der Waals surface area (Å²) in [6.07, 6.45) is -0.669. The number of hydrogen-bond donors (Lipinski definition) is 1. The molecule has 2 aromatic carbocycles. The van der Waals surface area contributed by atoms with Crippen molar-refractivity contribution >= 4 is 23.7 Å². The number of aromatic hydroxyl groups is 1. The Morgan fingerprint density at radius 2 is 1.89 bits per heavy atom. The summed E-state index contributed by atoms with van der Waals surface area (Å²) in [5.41, 5.74) is 0.901. The molecule has 28 heavy (non-hydrogen) atoms. The molecule has 1 saturated heterocycles. The number of urea groups is 1. The molecule has 2 aromatic rings. The van der Waals surface area contributed by atoms with E-state index < -0.39 is 23.8 Å². The summed E-state index contributed by atoms with van der Waals surface area (Å²) in [6, 6.07) is 13.3. The van der Waals surface area contributed by atoms with Crippen molar-refractivity contribution in [3.63, 3.8) is 0 Å². The minimum atomic E-state index is -0.712. The summed E-state index contributed by atoms with van der Waals surface area (Å²) >= 11 is 5.97. The van der Waals surface area contributed by atoms with Crippen LogP contribution >= 0.6 is 11.6 Å². The van der Waals surface area contributed by atoms with Crippen LogP contribution in [0.3, 0.4) is 0 Å². The number of carbonyl (C=O) groups is 2. The number of benzene rings is 2. The van der Waals surface area contributed by atoms with Crippen molar-refractivity contribution in [2.45, 2.75) is 39.0 Å². The molecule has 0 unspecified atom stereocenters. The average molecular weight is 403 g/mol. The molecule has 0 spiro atoms. The van der Waals surface area contributed by atoms with Crippen LogP contribution in [-0.2, 0) is 11.3 Å². The van der Waals surface area contributed by atoms with Crippen LogP contribution in [0.5, 0.6) is 5.75 Å². The van der Waals surface area contributed by atoms with E-state index in [4.69, 9.17) is 16.3 Å². The lowest BCUT2D eigenvalue weighted by molar-refractivity contribution is 0.0295. The number of nitrogens with zero attached hydrogens (tertiary/aromatic N) is 2. The smallest absolute Gasteiger partial charge is 0.419 e. The standard InChI is InChI=1S/C21H23ClN2O4/c1-21(2,3)28-20(27)24-17(15-7-5-4-6-8-15)13-23(19(24)26)12-14-9-10-18(25)16(22)11-14/h4-11,17,25H,12-13H2,1-3H3/t17-/m1/s1. The highest BCUT2D eigenvalue weighted by Gasteiger charge is 2.44. The molecule has 1 fully saturated rings. The van der Waals surface area contributed by atoms with Crippen molar-refractivity contribution in [1.82, 2.24) is 9.80 Å². The SMILES string of the molecule is CC(C)(C)OC(=O)N1C(=O)N(Cc2ccc(O)c(Cl)c2)C[C@@H]1c1ccccc1. The number of imide groups is 1. The summed E-state index contributed by atoms with van der Waals surface area (Å²) in [5.74, 6) is -0.0179. The Morgan fingerprint density at radius 1 is 1.21 bits per heavy atom. The van der Waals surface area contributed by atoms with Crippen molar-refractivity contribution in [3.8, 4) is 5.75 Å². The van der Waals surface area contributed by atoms with Crippen molar-refractivity contribution in [3.05, 3.63) is 64.7 Å². The van der Waals surface area contributed by atoms with Gasteiger partial charge in [-0.25, -0.2) is 14.5 Å². The first-order chi connectivity index (χ1) is 13.2. The normalized spacial score (nSPS) is 17.1. The summed E-state index contributed by atoms with van der Waals surface area (Å²) in [5, 5.41) is 9.80. The van der Waals surface area contributed by atoms with E-state index in [1.165, 1.54) is 11.0 Å². The first-order valence-corrected chi connectivity index (χ1v) is 9.37. The molecule has 1 aliphatic heterocycles. The lowest BCUT2D eigenvalue weighted by Gasteiger charge is -2.26. The number of halogens is 1.